The van der Waals surface area contributed by atoms with Crippen molar-refractivity contribution in [2.45, 2.75) is 39.7 Å². The van der Waals surface area contributed by atoms with Crippen molar-refractivity contribution in [3.63, 3.8) is 0 Å². The number of carbonyl (C=O) groups is 1. The molecule has 2 heterocycles. The lowest BCUT2D eigenvalue weighted by molar-refractivity contribution is 0.0900. The van der Waals surface area contributed by atoms with Crippen molar-refractivity contribution in [1.82, 2.24) is 10.6 Å². The summed E-state index contributed by atoms with van der Waals surface area (Å²) in [5, 5.41) is 6.42. The van der Waals surface area contributed by atoms with Crippen LogP contribution in [0.3, 0.4) is 0 Å². The zero-order valence-corrected chi connectivity index (χ0v) is 11.4. The van der Waals surface area contributed by atoms with Crippen LogP contribution in [0.5, 0.6) is 0 Å². The molecule has 1 fully saturated rings. The van der Waals surface area contributed by atoms with Crippen LogP contribution in [-0.2, 0) is 0 Å². The predicted molar refractivity (Wildman–Crippen MR) is 70.6 cm³/mol. The lowest BCUT2D eigenvalue weighted by Crippen LogP contribution is -2.52. The van der Waals surface area contributed by atoms with Crippen molar-refractivity contribution in [3.05, 3.63) is 23.7 Å². The Morgan fingerprint density at radius 2 is 2.33 bits per heavy atom. The SMILES string of the molecule is Cc1ccc(C(=O)NCC2NCCCC2(C)C)o1. The largest absolute Gasteiger partial charge is 0.456 e. The highest BCUT2D eigenvalue weighted by molar-refractivity contribution is 5.91. The summed E-state index contributed by atoms with van der Waals surface area (Å²) in [5.74, 6) is 1.02. The third-order valence-corrected chi connectivity index (χ3v) is 3.76. The number of hydrogen-bond donors (Lipinski definition) is 2. The zero-order valence-electron chi connectivity index (χ0n) is 11.4. The minimum Gasteiger partial charge on any atom is -0.456 e. The van der Waals surface area contributed by atoms with E-state index in [2.05, 4.69) is 24.5 Å². The van der Waals surface area contributed by atoms with Crippen LogP contribution in [0.2, 0.25) is 0 Å². The molecule has 1 unspecified atom stereocenters. The van der Waals surface area contributed by atoms with Crippen molar-refractivity contribution in [1.29, 1.82) is 0 Å². The zero-order chi connectivity index (χ0) is 13.2. The van der Waals surface area contributed by atoms with Gasteiger partial charge < -0.3 is 15.1 Å². The molecule has 1 amide bonds. The van der Waals surface area contributed by atoms with Gasteiger partial charge in [0.1, 0.15) is 5.76 Å². The maximum Gasteiger partial charge on any atom is 0.287 e. The van der Waals surface area contributed by atoms with Gasteiger partial charge in [0.05, 0.1) is 0 Å². The molecular weight excluding hydrogens is 228 g/mol. The molecule has 1 aromatic rings. The van der Waals surface area contributed by atoms with Gasteiger partial charge >= 0.3 is 0 Å². The van der Waals surface area contributed by atoms with Gasteiger partial charge in [-0.3, -0.25) is 4.79 Å². The van der Waals surface area contributed by atoms with E-state index in [-0.39, 0.29) is 11.3 Å². The molecule has 0 aromatic carbocycles. The van der Waals surface area contributed by atoms with E-state index < -0.39 is 0 Å². The van der Waals surface area contributed by atoms with Gasteiger partial charge in [-0.05, 0) is 43.9 Å². The number of amides is 1. The summed E-state index contributed by atoms with van der Waals surface area (Å²) in [4.78, 5) is 11.9. The highest BCUT2D eigenvalue weighted by Gasteiger charge is 2.32. The Morgan fingerprint density at radius 3 is 2.94 bits per heavy atom. The van der Waals surface area contributed by atoms with Gasteiger partial charge in [0, 0.05) is 12.6 Å². The first-order valence-electron chi connectivity index (χ1n) is 6.57. The van der Waals surface area contributed by atoms with Crippen LogP contribution in [0.1, 0.15) is 43.0 Å². The molecule has 1 saturated heterocycles. The second-order valence-electron chi connectivity index (χ2n) is 5.72. The molecule has 0 radical (unpaired) electrons. The Hall–Kier alpha value is -1.29. The van der Waals surface area contributed by atoms with E-state index >= 15 is 0 Å². The number of nitrogens with one attached hydrogen (secondary N) is 2. The van der Waals surface area contributed by atoms with Crippen LogP contribution >= 0.6 is 0 Å². The molecule has 2 N–H and O–H groups in total. The van der Waals surface area contributed by atoms with Crippen LogP contribution in [0, 0.1) is 12.3 Å². The molecule has 100 valence electrons. The number of hydrogen-bond acceptors (Lipinski definition) is 3. The lowest BCUT2D eigenvalue weighted by atomic mass is 9.77. The molecule has 18 heavy (non-hydrogen) atoms. The minimum absolute atomic E-state index is 0.133. The van der Waals surface area contributed by atoms with Gasteiger partial charge in [-0.15, -0.1) is 0 Å². The first-order chi connectivity index (χ1) is 8.49. The monoisotopic (exact) mass is 250 g/mol. The summed E-state index contributed by atoms with van der Waals surface area (Å²) in [6, 6.07) is 3.84. The Bertz CT molecular complexity index is 423. The second-order valence-corrected chi connectivity index (χ2v) is 5.72. The van der Waals surface area contributed by atoms with E-state index in [0.717, 1.165) is 12.3 Å². The van der Waals surface area contributed by atoms with E-state index in [9.17, 15) is 4.79 Å². The molecule has 1 atom stereocenters. The number of piperidine rings is 1. The molecule has 1 aliphatic rings. The van der Waals surface area contributed by atoms with E-state index in [1.54, 1.807) is 12.1 Å². The fourth-order valence-electron chi connectivity index (χ4n) is 2.46. The van der Waals surface area contributed by atoms with Gasteiger partial charge in [-0.1, -0.05) is 13.8 Å². The Labute approximate surface area is 108 Å². The van der Waals surface area contributed by atoms with Crippen molar-refractivity contribution >= 4 is 5.91 Å². The maximum atomic E-state index is 11.9. The highest BCUT2D eigenvalue weighted by atomic mass is 16.3. The first kappa shape index (κ1) is 13.1. The van der Waals surface area contributed by atoms with Crippen molar-refractivity contribution in [2.24, 2.45) is 5.41 Å². The average Bonchev–Trinajstić information content (AvgIpc) is 2.73. The Kier molecular flexibility index (Phi) is 3.76. The number of carbonyl (C=O) groups excluding carboxylic acids is 1. The molecule has 0 aliphatic carbocycles. The van der Waals surface area contributed by atoms with Gasteiger partial charge in [-0.25, -0.2) is 0 Å². The Morgan fingerprint density at radius 1 is 1.56 bits per heavy atom. The predicted octanol–water partition coefficient (Wildman–Crippen LogP) is 2.10. The molecule has 1 aromatic heterocycles. The summed E-state index contributed by atoms with van der Waals surface area (Å²) in [7, 11) is 0. The summed E-state index contributed by atoms with van der Waals surface area (Å²) in [5.41, 5.74) is 0.227. The molecule has 1 aliphatic heterocycles. The topological polar surface area (TPSA) is 54.3 Å². The first-order valence-corrected chi connectivity index (χ1v) is 6.57. The molecule has 0 bridgehead atoms. The van der Waals surface area contributed by atoms with Crippen LogP contribution in [0.15, 0.2) is 16.5 Å². The van der Waals surface area contributed by atoms with Crippen molar-refractivity contribution < 1.29 is 9.21 Å². The van der Waals surface area contributed by atoms with Gasteiger partial charge in [0.25, 0.3) is 5.91 Å². The standard InChI is InChI=1S/C14H22N2O2/c1-10-5-6-11(18-10)13(17)16-9-12-14(2,3)7-4-8-15-12/h5-6,12,15H,4,7-9H2,1-3H3,(H,16,17). The molecular formula is C14H22N2O2. The van der Waals surface area contributed by atoms with Crippen LogP contribution < -0.4 is 10.6 Å². The summed E-state index contributed by atoms with van der Waals surface area (Å²) >= 11 is 0. The summed E-state index contributed by atoms with van der Waals surface area (Å²) < 4.78 is 5.30. The molecule has 4 nitrogen and oxygen atoms in total. The van der Waals surface area contributed by atoms with Gasteiger partial charge in [0.2, 0.25) is 0 Å². The smallest absolute Gasteiger partial charge is 0.287 e. The van der Waals surface area contributed by atoms with E-state index in [1.165, 1.54) is 12.8 Å². The minimum atomic E-state index is -0.133. The van der Waals surface area contributed by atoms with E-state index in [1.807, 2.05) is 6.92 Å². The normalized spacial score (nSPS) is 22.7. The average molecular weight is 250 g/mol. The highest BCUT2D eigenvalue weighted by Crippen LogP contribution is 2.29. The fraction of sp³-hybridized carbons (Fsp3) is 0.643. The van der Waals surface area contributed by atoms with Crippen molar-refractivity contribution in [2.75, 3.05) is 13.1 Å². The third kappa shape index (κ3) is 2.93. The number of aryl methyl sites for hydroxylation is 1. The quantitative estimate of drug-likeness (QED) is 0.863. The third-order valence-electron chi connectivity index (χ3n) is 3.76. The van der Waals surface area contributed by atoms with Crippen LogP contribution in [0.25, 0.3) is 0 Å². The van der Waals surface area contributed by atoms with E-state index in [0.29, 0.717) is 18.3 Å². The maximum absolute atomic E-state index is 11.9. The Balaban J connectivity index is 1.89. The number of rotatable bonds is 3. The summed E-state index contributed by atoms with van der Waals surface area (Å²) in [6.07, 6.45) is 2.40. The van der Waals surface area contributed by atoms with E-state index in [4.69, 9.17) is 4.42 Å². The fourth-order valence-corrected chi connectivity index (χ4v) is 2.46. The van der Waals surface area contributed by atoms with Crippen LogP contribution in [-0.4, -0.2) is 25.0 Å². The molecule has 0 spiro atoms. The van der Waals surface area contributed by atoms with Crippen molar-refractivity contribution in [3.8, 4) is 0 Å². The molecule has 0 saturated carbocycles. The summed E-state index contributed by atoms with van der Waals surface area (Å²) in [6.45, 7) is 8.00. The molecule has 2 rings (SSSR count). The van der Waals surface area contributed by atoms with Gasteiger partial charge in [-0.2, -0.15) is 0 Å². The van der Waals surface area contributed by atoms with Crippen LogP contribution in [0.4, 0.5) is 0 Å². The number of furan rings is 1. The van der Waals surface area contributed by atoms with Gasteiger partial charge in [0.15, 0.2) is 5.76 Å². The molecule has 4 heteroatoms. The second kappa shape index (κ2) is 5.14. The lowest BCUT2D eigenvalue weighted by Gasteiger charge is -2.39.